The highest BCUT2D eigenvalue weighted by Crippen LogP contribution is 2.26. The Labute approximate surface area is 143 Å². The van der Waals surface area contributed by atoms with Crippen molar-refractivity contribution in [3.05, 3.63) is 79.1 Å². The summed E-state index contributed by atoms with van der Waals surface area (Å²) < 4.78 is 0. The standard InChI is InChI=1S/C19H13N5O/c25-19(24-17-12-21-9-10-22-17)16-7-6-13-3-1-5-15(18(13)23-16)14-4-2-8-20-11-14/h1-12H,(H,22,24,25). The number of amides is 1. The first-order valence-electron chi connectivity index (χ1n) is 7.69. The van der Waals surface area contributed by atoms with Crippen molar-refractivity contribution in [2.24, 2.45) is 0 Å². The maximum atomic E-state index is 12.5. The molecule has 1 N–H and O–H groups in total. The minimum atomic E-state index is -0.330. The van der Waals surface area contributed by atoms with Crippen molar-refractivity contribution in [1.82, 2.24) is 19.9 Å². The molecule has 0 bridgehead atoms. The Kier molecular flexibility index (Phi) is 3.84. The molecule has 6 nitrogen and oxygen atoms in total. The maximum Gasteiger partial charge on any atom is 0.275 e. The van der Waals surface area contributed by atoms with Crippen LogP contribution in [0.2, 0.25) is 0 Å². The van der Waals surface area contributed by atoms with Gasteiger partial charge < -0.3 is 5.32 Å². The number of rotatable bonds is 3. The number of carbonyl (C=O) groups is 1. The fourth-order valence-electron chi connectivity index (χ4n) is 2.57. The van der Waals surface area contributed by atoms with Gasteiger partial charge in [0.15, 0.2) is 5.82 Å². The van der Waals surface area contributed by atoms with Crippen LogP contribution in [0, 0.1) is 0 Å². The summed E-state index contributed by atoms with van der Waals surface area (Å²) in [5.74, 6) is 0.0540. The zero-order chi connectivity index (χ0) is 17.1. The van der Waals surface area contributed by atoms with Gasteiger partial charge in [-0.3, -0.25) is 14.8 Å². The summed E-state index contributed by atoms with van der Waals surface area (Å²) in [6, 6.07) is 13.3. The van der Waals surface area contributed by atoms with E-state index in [1.54, 1.807) is 24.7 Å². The Morgan fingerprint density at radius 1 is 0.880 bits per heavy atom. The molecule has 0 radical (unpaired) electrons. The first-order chi connectivity index (χ1) is 12.3. The van der Waals surface area contributed by atoms with E-state index >= 15 is 0 Å². The van der Waals surface area contributed by atoms with Crippen LogP contribution < -0.4 is 5.32 Å². The van der Waals surface area contributed by atoms with Gasteiger partial charge in [-0.2, -0.15) is 0 Å². The summed E-state index contributed by atoms with van der Waals surface area (Å²) in [5.41, 5.74) is 2.95. The molecule has 0 unspecified atom stereocenters. The van der Waals surface area contributed by atoms with E-state index in [1.807, 2.05) is 36.4 Å². The number of benzene rings is 1. The second-order valence-electron chi connectivity index (χ2n) is 5.36. The quantitative estimate of drug-likeness (QED) is 0.624. The molecule has 0 saturated carbocycles. The van der Waals surface area contributed by atoms with Gasteiger partial charge in [0.2, 0.25) is 0 Å². The van der Waals surface area contributed by atoms with E-state index in [-0.39, 0.29) is 5.91 Å². The third-order valence-electron chi connectivity index (χ3n) is 3.73. The molecule has 4 aromatic rings. The lowest BCUT2D eigenvalue weighted by atomic mass is 10.0. The van der Waals surface area contributed by atoms with Gasteiger partial charge in [0.1, 0.15) is 5.69 Å². The van der Waals surface area contributed by atoms with Crippen molar-refractivity contribution in [2.45, 2.75) is 0 Å². The summed E-state index contributed by atoms with van der Waals surface area (Å²) in [6.07, 6.45) is 8.05. The van der Waals surface area contributed by atoms with Crippen LogP contribution in [0.5, 0.6) is 0 Å². The van der Waals surface area contributed by atoms with Gasteiger partial charge in [-0.15, -0.1) is 0 Å². The van der Waals surface area contributed by atoms with Gasteiger partial charge in [-0.05, 0) is 12.1 Å². The number of pyridine rings is 2. The lowest BCUT2D eigenvalue weighted by Gasteiger charge is -2.08. The zero-order valence-electron chi connectivity index (χ0n) is 13.1. The average molecular weight is 327 g/mol. The fraction of sp³-hybridized carbons (Fsp3) is 0. The molecule has 3 aromatic heterocycles. The molecule has 0 atom stereocenters. The summed E-state index contributed by atoms with van der Waals surface area (Å²) in [5, 5.41) is 3.65. The lowest BCUT2D eigenvalue weighted by molar-refractivity contribution is 0.102. The second kappa shape index (κ2) is 6.45. The van der Waals surface area contributed by atoms with E-state index in [4.69, 9.17) is 0 Å². The van der Waals surface area contributed by atoms with E-state index in [0.29, 0.717) is 11.5 Å². The van der Waals surface area contributed by atoms with Gasteiger partial charge in [0.05, 0.1) is 11.7 Å². The van der Waals surface area contributed by atoms with Crippen molar-refractivity contribution >= 4 is 22.6 Å². The van der Waals surface area contributed by atoms with Crippen molar-refractivity contribution in [3.8, 4) is 11.1 Å². The predicted octanol–water partition coefficient (Wildman–Crippen LogP) is 3.34. The highest BCUT2D eigenvalue weighted by molar-refractivity contribution is 6.04. The van der Waals surface area contributed by atoms with Crippen molar-refractivity contribution in [3.63, 3.8) is 0 Å². The van der Waals surface area contributed by atoms with Crippen LogP contribution in [0.1, 0.15) is 10.5 Å². The number of hydrogen-bond acceptors (Lipinski definition) is 5. The van der Waals surface area contributed by atoms with Crippen LogP contribution in [0.4, 0.5) is 5.82 Å². The van der Waals surface area contributed by atoms with Crippen LogP contribution >= 0.6 is 0 Å². The molecule has 1 aromatic carbocycles. The number of fused-ring (bicyclic) bond motifs is 1. The molecule has 0 spiro atoms. The molecule has 0 aliphatic carbocycles. The van der Waals surface area contributed by atoms with E-state index in [9.17, 15) is 4.79 Å². The highest BCUT2D eigenvalue weighted by atomic mass is 16.1. The largest absolute Gasteiger partial charge is 0.304 e. The summed E-state index contributed by atoms with van der Waals surface area (Å²) >= 11 is 0. The van der Waals surface area contributed by atoms with Gasteiger partial charge in [-0.25, -0.2) is 9.97 Å². The van der Waals surface area contributed by atoms with Crippen LogP contribution in [-0.2, 0) is 0 Å². The Bertz CT molecular complexity index is 1040. The normalized spacial score (nSPS) is 10.6. The summed E-state index contributed by atoms with van der Waals surface area (Å²) in [4.78, 5) is 29.1. The summed E-state index contributed by atoms with van der Waals surface area (Å²) in [6.45, 7) is 0. The van der Waals surface area contributed by atoms with Crippen molar-refractivity contribution < 1.29 is 4.79 Å². The second-order valence-corrected chi connectivity index (χ2v) is 5.36. The SMILES string of the molecule is O=C(Nc1cnccn1)c1ccc2cccc(-c3cccnc3)c2n1. The third kappa shape index (κ3) is 3.05. The minimum Gasteiger partial charge on any atom is -0.304 e. The summed E-state index contributed by atoms with van der Waals surface area (Å²) in [7, 11) is 0. The Morgan fingerprint density at radius 2 is 1.80 bits per heavy atom. The maximum absolute atomic E-state index is 12.5. The molecule has 120 valence electrons. The number of anilines is 1. The number of carbonyl (C=O) groups excluding carboxylic acids is 1. The van der Waals surface area contributed by atoms with Crippen LogP contribution in [0.3, 0.4) is 0 Å². The Balaban J connectivity index is 1.75. The first kappa shape index (κ1) is 14.9. The van der Waals surface area contributed by atoms with Gasteiger partial charge >= 0.3 is 0 Å². The van der Waals surface area contributed by atoms with Gasteiger partial charge in [-0.1, -0.05) is 30.3 Å². The molecule has 3 heterocycles. The number of hydrogen-bond donors (Lipinski definition) is 1. The van der Waals surface area contributed by atoms with E-state index in [0.717, 1.165) is 22.0 Å². The van der Waals surface area contributed by atoms with Crippen molar-refractivity contribution in [1.29, 1.82) is 0 Å². The number of nitrogens with one attached hydrogen (secondary N) is 1. The predicted molar refractivity (Wildman–Crippen MR) is 95.0 cm³/mol. The molecular weight excluding hydrogens is 314 g/mol. The smallest absolute Gasteiger partial charge is 0.275 e. The molecule has 0 aliphatic heterocycles. The van der Waals surface area contributed by atoms with Crippen LogP contribution in [-0.4, -0.2) is 25.8 Å². The van der Waals surface area contributed by atoms with E-state index in [2.05, 4.69) is 25.3 Å². The van der Waals surface area contributed by atoms with Gasteiger partial charge in [0, 0.05) is 41.3 Å². The Morgan fingerprint density at radius 3 is 2.60 bits per heavy atom. The lowest BCUT2D eigenvalue weighted by Crippen LogP contribution is -2.14. The molecule has 1 amide bonds. The number of aromatic nitrogens is 4. The van der Waals surface area contributed by atoms with E-state index in [1.165, 1.54) is 12.4 Å². The molecule has 4 rings (SSSR count). The monoisotopic (exact) mass is 327 g/mol. The van der Waals surface area contributed by atoms with Crippen LogP contribution in [0.25, 0.3) is 22.0 Å². The topological polar surface area (TPSA) is 80.7 Å². The molecule has 6 heteroatoms. The van der Waals surface area contributed by atoms with E-state index < -0.39 is 0 Å². The minimum absolute atomic E-state index is 0.314. The van der Waals surface area contributed by atoms with Crippen molar-refractivity contribution in [2.75, 3.05) is 5.32 Å². The zero-order valence-corrected chi connectivity index (χ0v) is 13.1. The Hall–Kier alpha value is -3.67. The third-order valence-corrected chi connectivity index (χ3v) is 3.73. The average Bonchev–Trinajstić information content (AvgIpc) is 2.68. The molecule has 25 heavy (non-hydrogen) atoms. The molecule has 0 saturated heterocycles. The van der Waals surface area contributed by atoms with Gasteiger partial charge in [0.25, 0.3) is 5.91 Å². The fourth-order valence-corrected chi connectivity index (χ4v) is 2.57. The number of nitrogens with zero attached hydrogens (tertiary/aromatic N) is 4. The van der Waals surface area contributed by atoms with Crippen LogP contribution in [0.15, 0.2) is 73.4 Å². The first-order valence-corrected chi connectivity index (χ1v) is 7.69. The number of para-hydroxylation sites is 1. The highest BCUT2D eigenvalue weighted by Gasteiger charge is 2.12. The molecular formula is C19H13N5O. The molecule has 0 aliphatic rings. The molecule has 0 fully saturated rings.